The Kier molecular flexibility index (Phi) is 3.61. The summed E-state index contributed by atoms with van der Waals surface area (Å²) in [5, 5.41) is 9.98. The van der Waals surface area contributed by atoms with Gasteiger partial charge >= 0.3 is 5.97 Å². The maximum atomic E-state index is 12.5. The number of carboxylic acids is 1. The van der Waals surface area contributed by atoms with E-state index in [0.29, 0.717) is 33.6 Å². The molecule has 132 valence electrons. The smallest absolute Gasteiger partial charge is 0.307 e. The number of carbonyl (C=O) groups excluding carboxylic acids is 1. The van der Waals surface area contributed by atoms with Crippen LogP contribution in [0.15, 0.2) is 46.9 Å². The predicted octanol–water partition coefficient (Wildman–Crippen LogP) is 4.47. The number of hydrogen-bond acceptors (Lipinski definition) is 4. The molecule has 0 spiro atoms. The molecule has 1 aliphatic heterocycles. The number of hydrogen-bond donors (Lipinski definition) is 1. The van der Waals surface area contributed by atoms with Gasteiger partial charge in [0.15, 0.2) is 5.78 Å². The Labute approximate surface area is 150 Å². The number of ether oxygens (including phenoxy) is 1. The van der Waals surface area contributed by atoms with E-state index in [4.69, 9.17) is 9.15 Å². The molecule has 0 atom stereocenters. The van der Waals surface area contributed by atoms with Crippen molar-refractivity contribution in [2.24, 2.45) is 0 Å². The Balaban J connectivity index is 1.97. The molecule has 0 unspecified atom stereocenters. The highest BCUT2D eigenvalue weighted by molar-refractivity contribution is 6.05. The SMILES string of the molecule is CC1(C)CC(=O)c2cc3c(CC(=O)O)c(-c4ccccc4)oc3cc2O1. The zero-order valence-electron chi connectivity index (χ0n) is 14.5. The van der Waals surface area contributed by atoms with E-state index in [1.807, 2.05) is 44.2 Å². The van der Waals surface area contributed by atoms with Gasteiger partial charge in [-0.1, -0.05) is 30.3 Å². The second kappa shape index (κ2) is 5.73. The second-order valence-corrected chi connectivity index (χ2v) is 7.15. The lowest BCUT2D eigenvalue weighted by molar-refractivity contribution is -0.136. The molecule has 4 rings (SSSR count). The first-order valence-corrected chi connectivity index (χ1v) is 8.43. The Hall–Kier alpha value is -3.08. The Morgan fingerprint density at radius 1 is 1.19 bits per heavy atom. The number of fused-ring (bicyclic) bond motifs is 2. The second-order valence-electron chi connectivity index (χ2n) is 7.15. The zero-order valence-corrected chi connectivity index (χ0v) is 14.5. The van der Waals surface area contributed by atoms with Crippen molar-refractivity contribution in [1.82, 2.24) is 0 Å². The minimum absolute atomic E-state index is 0.0121. The molecule has 1 aliphatic rings. The summed E-state index contributed by atoms with van der Waals surface area (Å²) in [4.78, 5) is 23.9. The Morgan fingerprint density at radius 3 is 2.62 bits per heavy atom. The first-order valence-electron chi connectivity index (χ1n) is 8.43. The fourth-order valence-electron chi connectivity index (χ4n) is 3.44. The number of rotatable bonds is 3. The molecule has 0 aliphatic carbocycles. The van der Waals surface area contributed by atoms with Crippen molar-refractivity contribution in [2.45, 2.75) is 32.3 Å². The molecule has 0 saturated carbocycles. The van der Waals surface area contributed by atoms with Crippen molar-refractivity contribution in [2.75, 3.05) is 0 Å². The summed E-state index contributed by atoms with van der Waals surface area (Å²) < 4.78 is 11.9. The maximum absolute atomic E-state index is 12.5. The molecule has 0 radical (unpaired) electrons. The van der Waals surface area contributed by atoms with Crippen LogP contribution in [0.5, 0.6) is 5.75 Å². The first kappa shape index (κ1) is 16.4. The fourth-order valence-corrected chi connectivity index (χ4v) is 3.44. The van der Waals surface area contributed by atoms with Crippen LogP contribution in [0.2, 0.25) is 0 Å². The number of Topliss-reactive ketones (excluding diaryl/α,β-unsaturated/α-hetero) is 1. The summed E-state index contributed by atoms with van der Waals surface area (Å²) in [6, 6.07) is 12.8. The predicted molar refractivity (Wildman–Crippen MR) is 96.6 cm³/mol. The minimum Gasteiger partial charge on any atom is -0.486 e. The molecule has 2 heterocycles. The van der Waals surface area contributed by atoms with Gasteiger partial charge in [0.2, 0.25) is 0 Å². The van der Waals surface area contributed by atoms with Crippen LogP contribution in [0.4, 0.5) is 0 Å². The van der Waals surface area contributed by atoms with Crippen molar-refractivity contribution in [3.8, 4) is 17.1 Å². The van der Waals surface area contributed by atoms with Crippen LogP contribution in [0.3, 0.4) is 0 Å². The van der Waals surface area contributed by atoms with Crippen LogP contribution < -0.4 is 4.74 Å². The van der Waals surface area contributed by atoms with E-state index < -0.39 is 11.6 Å². The lowest BCUT2D eigenvalue weighted by atomic mass is 9.91. The fraction of sp³-hybridized carbons (Fsp3) is 0.238. The van der Waals surface area contributed by atoms with E-state index in [-0.39, 0.29) is 18.6 Å². The number of furan rings is 1. The number of carbonyl (C=O) groups is 2. The molecule has 5 heteroatoms. The van der Waals surface area contributed by atoms with Crippen LogP contribution in [-0.2, 0) is 11.2 Å². The largest absolute Gasteiger partial charge is 0.486 e. The molecule has 0 saturated heterocycles. The van der Waals surface area contributed by atoms with E-state index >= 15 is 0 Å². The lowest BCUT2D eigenvalue weighted by Crippen LogP contribution is -2.35. The van der Waals surface area contributed by atoms with Gasteiger partial charge in [-0.2, -0.15) is 0 Å². The molecule has 26 heavy (non-hydrogen) atoms. The summed E-state index contributed by atoms with van der Waals surface area (Å²) in [5.41, 5.74) is 1.79. The highest BCUT2D eigenvalue weighted by Crippen LogP contribution is 2.41. The number of aliphatic carboxylic acids is 1. The molecular weight excluding hydrogens is 332 g/mol. The third-order valence-corrected chi connectivity index (χ3v) is 4.53. The monoisotopic (exact) mass is 350 g/mol. The number of benzene rings is 2. The number of ketones is 1. The molecule has 1 aromatic heterocycles. The minimum atomic E-state index is -0.952. The normalized spacial score (nSPS) is 15.5. The third-order valence-electron chi connectivity index (χ3n) is 4.53. The van der Waals surface area contributed by atoms with Gasteiger partial charge in [0.05, 0.1) is 18.4 Å². The molecule has 0 amide bonds. The molecule has 3 aromatic rings. The van der Waals surface area contributed by atoms with Gasteiger partial charge in [0, 0.05) is 22.6 Å². The first-order chi connectivity index (χ1) is 12.3. The highest BCUT2D eigenvalue weighted by atomic mass is 16.5. The quantitative estimate of drug-likeness (QED) is 0.754. The van der Waals surface area contributed by atoms with Crippen molar-refractivity contribution in [3.05, 3.63) is 53.6 Å². The van der Waals surface area contributed by atoms with Gasteiger partial charge in [-0.25, -0.2) is 0 Å². The Morgan fingerprint density at radius 2 is 1.92 bits per heavy atom. The van der Waals surface area contributed by atoms with Crippen LogP contribution >= 0.6 is 0 Å². The average Bonchev–Trinajstić information content (AvgIpc) is 2.90. The van der Waals surface area contributed by atoms with Crippen molar-refractivity contribution < 1.29 is 23.8 Å². The van der Waals surface area contributed by atoms with E-state index in [0.717, 1.165) is 5.56 Å². The van der Waals surface area contributed by atoms with E-state index in [9.17, 15) is 14.7 Å². The van der Waals surface area contributed by atoms with Gasteiger partial charge in [0.1, 0.15) is 22.7 Å². The summed E-state index contributed by atoms with van der Waals surface area (Å²) >= 11 is 0. The zero-order chi connectivity index (χ0) is 18.5. The molecule has 0 fully saturated rings. The summed E-state index contributed by atoms with van der Waals surface area (Å²) in [6.07, 6.45) is 0.0969. The van der Waals surface area contributed by atoms with E-state index in [2.05, 4.69) is 0 Å². The van der Waals surface area contributed by atoms with Gasteiger partial charge in [-0.3, -0.25) is 9.59 Å². The van der Waals surface area contributed by atoms with Gasteiger partial charge in [-0.05, 0) is 19.9 Å². The average molecular weight is 350 g/mol. The van der Waals surface area contributed by atoms with Crippen LogP contribution in [0.1, 0.15) is 36.2 Å². The highest BCUT2D eigenvalue weighted by Gasteiger charge is 2.33. The molecule has 1 N–H and O–H groups in total. The summed E-state index contributed by atoms with van der Waals surface area (Å²) in [6.45, 7) is 3.73. The van der Waals surface area contributed by atoms with E-state index in [1.165, 1.54) is 0 Å². The molecule has 2 aromatic carbocycles. The van der Waals surface area contributed by atoms with Crippen molar-refractivity contribution in [1.29, 1.82) is 0 Å². The topological polar surface area (TPSA) is 76.7 Å². The van der Waals surface area contributed by atoms with Crippen LogP contribution in [0, 0.1) is 0 Å². The maximum Gasteiger partial charge on any atom is 0.307 e. The lowest BCUT2D eigenvalue weighted by Gasteiger charge is -2.31. The number of carboxylic acid groups (broad SMARTS) is 1. The molecule has 5 nitrogen and oxygen atoms in total. The molecule has 0 bridgehead atoms. The Bertz CT molecular complexity index is 1030. The summed E-state index contributed by atoms with van der Waals surface area (Å²) in [5.74, 6) is 0.0271. The van der Waals surface area contributed by atoms with Crippen LogP contribution in [-0.4, -0.2) is 22.5 Å². The van der Waals surface area contributed by atoms with E-state index in [1.54, 1.807) is 12.1 Å². The molecular formula is C21H18O5. The van der Waals surface area contributed by atoms with Crippen LogP contribution in [0.25, 0.3) is 22.3 Å². The standard InChI is InChI=1S/C21H18O5/c1-21(2)11-16(22)15-8-13-14(9-19(23)24)20(12-6-4-3-5-7-12)25-17(13)10-18(15)26-21/h3-8,10H,9,11H2,1-2H3,(H,23,24). The van der Waals surface area contributed by atoms with Crippen molar-refractivity contribution >= 4 is 22.7 Å². The third kappa shape index (κ3) is 2.75. The van der Waals surface area contributed by atoms with Gasteiger partial charge < -0.3 is 14.3 Å². The van der Waals surface area contributed by atoms with Gasteiger partial charge in [-0.15, -0.1) is 0 Å². The van der Waals surface area contributed by atoms with Gasteiger partial charge in [0.25, 0.3) is 0 Å². The summed E-state index contributed by atoms with van der Waals surface area (Å²) in [7, 11) is 0. The van der Waals surface area contributed by atoms with Crippen molar-refractivity contribution in [3.63, 3.8) is 0 Å².